The maximum absolute atomic E-state index is 13.9. The van der Waals surface area contributed by atoms with E-state index in [2.05, 4.69) is 0 Å². The van der Waals surface area contributed by atoms with E-state index in [1.54, 1.807) is 47.4 Å². The summed E-state index contributed by atoms with van der Waals surface area (Å²) in [5.41, 5.74) is 1.93. The van der Waals surface area contributed by atoms with Gasteiger partial charge in [0.25, 0.3) is 5.91 Å². The van der Waals surface area contributed by atoms with Crippen molar-refractivity contribution in [2.24, 2.45) is 0 Å². The third-order valence-electron chi connectivity index (χ3n) is 5.62. The highest BCUT2D eigenvalue weighted by Crippen LogP contribution is 2.45. The number of anilines is 1. The van der Waals surface area contributed by atoms with Gasteiger partial charge in [-0.3, -0.25) is 9.59 Å². The number of para-hydroxylation sites is 1. The van der Waals surface area contributed by atoms with E-state index in [-0.39, 0.29) is 11.8 Å². The van der Waals surface area contributed by atoms with Crippen molar-refractivity contribution < 1.29 is 14.3 Å². The molecule has 1 aliphatic rings. The minimum atomic E-state index is -0.564. The Balaban J connectivity index is 1.85. The van der Waals surface area contributed by atoms with Gasteiger partial charge in [0.05, 0.1) is 29.3 Å². The molecule has 1 aromatic heterocycles. The van der Waals surface area contributed by atoms with Crippen molar-refractivity contribution in [1.82, 2.24) is 4.90 Å². The van der Waals surface area contributed by atoms with E-state index in [1.807, 2.05) is 53.9 Å². The summed E-state index contributed by atoms with van der Waals surface area (Å²) in [5.74, 6) is -0.768. The van der Waals surface area contributed by atoms with Gasteiger partial charge in [-0.1, -0.05) is 48.0 Å². The second-order valence-electron chi connectivity index (χ2n) is 7.37. The molecule has 0 N–H and O–H groups in total. The minimum Gasteiger partial charge on any atom is -0.383 e. The van der Waals surface area contributed by atoms with Gasteiger partial charge in [0.15, 0.2) is 0 Å². The summed E-state index contributed by atoms with van der Waals surface area (Å²) in [6.45, 7) is 0.781. The molecule has 5 nitrogen and oxygen atoms in total. The Morgan fingerprint density at radius 3 is 2.58 bits per heavy atom. The maximum atomic E-state index is 13.9. The molecule has 0 spiro atoms. The Morgan fingerprint density at radius 1 is 1.13 bits per heavy atom. The Hall–Kier alpha value is -2.67. The summed E-state index contributed by atoms with van der Waals surface area (Å²) in [4.78, 5) is 31.7. The number of halogens is 1. The number of benzene rings is 2. The first-order valence-corrected chi connectivity index (χ1v) is 11.2. The van der Waals surface area contributed by atoms with E-state index < -0.39 is 12.0 Å². The van der Waals surface area contributed by atoms with Crippen LogP contribution in [-0.4, -0.2) is 44.0 Å². The van der Waals surface area contributed by atoms with Crippen molar-refractivity contribution >= 4 is 40.4 Å². The molecule has 31 heavy (non-hydrogen) atoms. The van der Waals surface area contributed by atoms with Crippen LogP contribution in [0, 0.1) is 0 Å². The first kappa shape index (κ1) is 21.6. The highest BCUT2D eigenvalue weighted by molar-refractivity contribution is 7.10. The molecule has 160 valence electrons. The highest BCUT2D eigenvalue weighted by atomic mass is 35.5. The summed E-state index contributed by atoms with van der Waals surface area (Å²) in [7, 11) is 3.34. The van der Waals surface area contributed by atoms with Crippen molar-refractivity contribution in [3.63, 3.8) is 0 Å². The van der Waals surface area contributed by atoms with E-state index in [0.29, 0.717) is 29.4 Å². The molecular weight excluding hydrogens is 432 g/mol. The number of amides is 2. The molecule has 2 amide bonds. The molecule has 0 fully saturated rings. The van der Waals surface area contributed by atoms with E-state index >= 15 is 0 Å². The van der Waals surface area contributed by atoms with Crippen LogP contribution in [0.3, 0.4) is 0 Å². The quantitative estimate of drug-likeness (QED) is 0.527. The largest absolute Gasteiger partial charge is 0.383 e. The zero-order valence-corrected chi connectivity index (χ0v) is 18.9. The molecule has 0 bridgehead atoms. The number of rotatable bonds is 6. The van der Waals surface area contributed by atoms with Gasteiger partial charge in [0.2, 0.25) is 5.91 Å². The third-order valence-corrected chi connectivity index (χ3v) is 6.88. The van der Waals surface area contributed by atoms with Crippen molar-refractivity contribution in [3.05, 3.63) is 87.1 Å². The number of hydrogen-bond donors (Lipinski definition) is 0. The lowest BCUT2D eigenvalue weighted by molar-refractivity contribution is -0.121. The fourth-order valence-corrected chi connectivity index (χ4v) is 5.26. The van der Waals surface area contributed by atoms with Gasteiger partial charge in [-0.05, 0) is 35.2 Å². The van der Waals surface area contributed by atoms with Gasteiger partial charge in [-0.15, -0.1) is 11.3 Å². The van der Waals surface area contributed by atoms with Gasteiger partial charge in [0.1, 0.15) is 0 Å². The first-order chi connectivity index (χ1) is 15.0. The number of carbonyl (C=O) groups is 2. The molecule has 0 aliphatic carbocycles. The second-order valence-corrected chi connectivity index (χ2v) is 8.75. The third kappa shape index (κ3) is 3.99. The average Bonchev–Trinajstić information content (AvgIpc) is 3.32. The lowest BCUT2D eigenvalue weighted by Crippen LogP contribution is -2.48. The first-order valence-electron chi connectivity index (χ1n) is 9.99. The van der Waals surface area contributed by atoms with E-state index in [4.69, 9.17) is 16.3 Å². The van der Waals surface area contributed by atoms with Crippen LogP contribution in [0.25, 0.3) is 0 Å². The van der Waals surface area contributed by atoms with Crippen LogP contribution in [0.2, 0.25) is 5.02 Å². The van der Waals surface area contributed by atoms with Crippen LogP contribution in [0.5, 0.6) is 0 Å². The highest BCUT2D eigenvalue weighted by Gasteiger charge is 2.45. The zero-order chi connectivity index (χ0) is 22.0. The molecule has 0 radical (unpaired) electrons. The average molecular weight is 455 g/mol. The SMILES string of the molecule is COCCN1C(=O)c2ccccc2[C@H](C(=O)N(C)c2ccccc2Cl)[C@@H]1c1cccs1. The molecule has 2 atom stereocenters. The van der Waals surface area contributed by atoms with Gasteiger partial charge in [-0.25, -0.2) is 0 Å². The monoisotopic (exact) mass is 454 g/mol. The Kier molecular flexibility index (Phi) is 6.41. The second kappa shape index (κ2) is 9.22. The van der Waals surface area contributed by atoms with Gasteiger partial charge in [-0.2, -0.15) is 0 Å². The smallest absolute Gasteiger partial charge is 0.254 e. The van der Waals surface area contributed by atoms with Crippen molar-refractivity contribution in [2.75, 3.05) is 32.2 Å². The predicted octanol–water partition coefficient (Wildman–Crippen LogP) is 4.99. The van der Waals surface area contributed by atoms with Crippen molar-refractivity contribution in [2.45, 2.75) is 12.0 Å². The molecule has 3 aromatic rings. The molecule has 2 heterocycles. The van der Waals surface area contributed by atoms with Crippen LogP contribution in [0.15, 0.2) is 66.0 Å². The molecule has 0 saturated heterocycles. The van der Waals surface area contributed by atoms with Crippen LogP contribution in [0.1, 0.15) is 32.8 Å². The Labute approximate surface area is 190 Å². The number of hydrogen-bond acceptors (Lipinski definition) is 4. The van der Waals surface area contributed by atoms with E-state index in [9.17, 15) is 9.59 Å². The van der Waals surface area contributed by atoms with Crippen LogP contribution in [0.4, 0.5) is 5.69 Å². The van der Waals surface area contributed by atoms with Crippen molar-refractivity contribution in [1.29, 1.82) is 0 Å². The number of fused-ring (bicyclic) bond motifs is 1. The number of ether oxygens (including phenoxy) is 1. The fourth-order valence-electron chi connectivity index (χ4n) is 4.12. The van der Waals surface area contributed by atoms with Gasteiger partial charge in [0, 0.05) is 31.1 Å². The van der Waals surface area contributed by atoms with Crippen LogP contribution in [-0.2, 0) is 9.53 Å². The normalized spacial score (nSPS) is 18.0. The molecule has 1 aliphatic heterocycles. The van der Waals surface area contributed by atoms with E-state index in [0.717, 1.165) is 10.4 Å². The van der Waals surface area contributed by atoms with Crippen LogP contribution >= 0.6 is 22.9 Å². The number of carbonyl (C=O) groups excluding carboxylic acids is 2. The molecular formula is C24H23ClN2O3S. The summed E-state index contributed by atoms with van der Waals surface area (Å²) in [6.07, 6.45) is 0. The number of likely N-dealkylation sites (N-methyl/N-ethyl adjacent to an activating group) is 1. The molecule has 2 aromatic carbocycles. The van der Waals surface area contributed by atoms with Gasteiger partial charge >= 0.3 is 0 Å². The molecule has 7 heteroatoms. The number of methoxy groups -OCH3 is 1. The molecule has 0 unspecified atom stereocenters. The summed E-state index contributed by atoms with van der Waals surface area (Å²) < 4.78 is 5.27. The number of nitrogens with zero attached hydrogens (tertiary/aromatic N) is 2. The Morgan fingerprint density at radius 2 is 1.87 bits per heavy atom. The summed E-state index contributed by atoms with van der Waals surface area (Å²) in [5, 5.41) is 2.47. The van der Waals surface area contributed by atoms with E-state index in [1.165, 1.54) is 0 Å². The zero-order valence-electron chi connectivity index (χ0n) is 17.3. The molecule has 4 rings (SSSR count). The number of thiophene rings is 1. The lowest BCUT2D eigenvalue weighted by Gasteiger charge is -2.42. The standard InChI is InChI=1S/C24H23ClN2O3S/c1-26(19-11-6-5-10-18(19)25)24(29)21-16-8-3-4-9-17(16)23(28)27(13-14-30-2)22(21)20-12-7-15-31-20/h3-12,15,21-22H,13-14H2,1-2H3/t21-,22-/m0/s1. The minimum absolute atomic E-state index is 0.0875. The maximum Gasteiger partial charge on any atom is 0.254 e. The predicted molar refractivity (Wildman–Crippen MR) is 124 cm³/mol. The fraction of sp³-hybridized carbons (Fsp3) is 0.250. The summed E-state index contributed by atoms with van der Waals surface area (Å²) >= 11 is 7.93. The summed E-state index contributed by atoms with van der Waals surface area (Å²) in [6, 6.07) is 18.1. The topological polar surface area (TPSA) is 49.9 Å². The van der Waals surface area contributed by atoms with Gasteiger partial charge < -0.3 is 14.5 Å². The Bertz CT molecular complexity index is 1090. The van der Waals surface area contributed by atoms with Crippen LogP contribution < -0.4 is 4.90 Å². The van der Waals surface area contributed by atoms with Crippen molar-refractivity contribution in [3.8, 4) is 0 Å². The lowest BCUT2D eigenvalue weighted by atomic mass is 9.81. The molecule has 0 saturated carbocycles.